The Bertz CT molecular complexity index is 637. The van der Waals surface area contributed by atoms with Crippen molar-refractivity contribution >= 4 is 39.1 Å². The number of nitrogens with two attached hydrogens (primary N) is 1. The van der Waals surface area contributed by atoms with E-state index in [1.54, 1.807) is 24.3 Å². The van der Waals surface area contributed by atoms with Gasteiger partial charge in [-0.1, -0.05) is 35.3 Å². The van der Waals surface area contributed by atoms with E-state index in [2.05, 4.69) is 21.4 Å². The summed E-state index contributed by atoms with van der Waals surface area (Å²) in [5, 5.41) is 1.21. The summed E-state index contributed by atoms with van der Waals surface area (Å²) in [6, 6.07) is 10.3. The zero-order valence-electron chi connectivity index (χ0n) is 11.0. The first-order chi connectivity index (χ1) is 9.99. The molecule has 0 bridgehead atoms. The number of nitrogens with one attached hydrogen (secondary N) is 1. The Morgan fingerprint density at radius 3 is 2.52 bits per heavy atom. The molecular formula is C15H14BrCl2FN2. The maximum Gasteiger partial charge on any atom is 0.137 e. The maximum absolute atomic E-state index is 13.2. The van der Waals surface area contributed by atoms with Gasteiger partial charge in [0, 0.05) is 16.1 Å². The van der Waals surface area contributed by atoms with Crippen LogP contribution in [0.2, 0.25) is 10.0 Å². The van der Waals surface area contributed by atoms with E-state index in [0.29, 0.717) is 27.4 Å². The van der Waals surface area contributed by atoms with E-state index >= 15 is 0 Å². The van der Waals surface area contributed by atoms with E-state index in [1.165, 1.54) is 6.07 Å². The molecule has 0 aliphatic carbocycles. The standard InChI is InChI=1S/C15H14BrCl2FN2/c16-13-6-9(1-4-15(13)19)5-12(21-20)7-10-2-3-11(17)8-14(10)18/h1-4,6,8,12,21H,5,7,20H2. The fraction of sp³-hybridized carbons (Fsp3) is 0.200. The van der Waals surface area contributed by atoms with Crippen molar-refractivity contribution in [3.63, 3.8) is 0 Å². The van der Waals surface area contributed by atoms with Gasteiger partial charge in [-0.3, -0.25) is 11.3 Å². The van der Waals surface area contributed by atoms with Crippen LogP contribution in [0, 0.1) is 5.82 Å². The lowest BCUT2D eigenvalue weighted by molar-refractivity contribution is 0.521. The Kier molecular flexibility index (Phi) is 6.02. The van der Waals surface area contributed by atoms with Crippen LogP contribution in [0.5, 0.6) is 0 Å². The molecule has 1 unspecified atom stereocenters. The largest absolute Gasteiger partial charge is 0.271 e. The van der Waals surface area contributed by atoms with Crippen molar-refractivity contribution in [2.45, 2.75) is 18.9 Å². The molecule has 2 rings (SSSR count). The average Bonchev–Trinajstić information content (AvgIpc) is 2.44. The van der Waals surface area contributed by atoms with Crippen molar-refractivity contribution in [2.24, 2.45) is 5.84 Å². The molecule has 6 heteroatoms. The van der Waals surface area contributed by atoms with Crippen LogP contribution < -0.4 is 11.3 Å². The molecule has 2 nitrogen and oxygen atoms in total. The van der Waals surface area contributed by atoms with E-state index < -0.39 is 0 Å². The topological polar surface area (TPSA) is 38.0 Å². The van der Waals surface area contributed by atoms with Crippen molar-refractivity contribution in [3.8, 4) is 0 Å². The maximum atomic E-state index is 13.2. The van der Waals surface area contributed by atoms with Crippen molar-refractivity contribution in [3.05, 3.63) is 67.9 Å². The molecule has 0 saturated heterocycles. The minimum absolute atomic E-state index is 0.0129. The summed E-state index contributed by atoms with van der Waals surface area (Å²) in [4.78, 5) is 0. The average molecular weight is 392 g/mol. The second-order valence-electron chi connectivity index (χ2n) is 4.76. The van der Waals surface area contributed by atoms with Gasteiger partial charge in [0.25, 0.3) is 0 Å². The van der Waals surface area contributed by atoms with E-state index in [-0.39, 0.29) is 11.9 Å². The minimum Gasteiger partial charge on any atom is -0.271 e. The number of halogens is 4. The van der Waals surface area contributed by atoms with Gasteiger partial charge in [0.05, 0.1) is 4.47 Å². The van der Waals surface area contributed by atoms with Crippen LogP contribution in [-0.2, 0) is 12.8 Å². The van der Waals surface area contributed by atoms with Crippen molar-refractivity contribution < 1.29 is 4.39 Å². The van der Waals surface area contributed by atoms with Crippen molar-refractivity contribution in [1.82, 2.24) is 5.43 Å². The van der Waals surface area contributed by atoms with Crippen LogP contribution in [0.4, 0.5) is 4.39 Å². The van der Waals surface area contributed by atoms with Gasteiger partial charge >= 0.3 is 0 Å². The number of benzene rings is 2. The third kappa shape index (κ3) is 4.66. The van der Waals surface area contributed by atoms with Crippen LogP contribution >= 0.6 is 39.1 Å². The number of hydrazine groups is 1. The molecule has 0 heterocycles. The molecule has 0 aliphatic heterocycles. The zero-order valence-corrected chi connectivity index (χ0v) is 14.1. The molecule has 0 fully saturated rings. The summed E-state index contributed by atoms with van der Waals surface area (Å²) in [5.74, 6) is 5.33. The molecule has 2 aromatic carbocycles. The lowest BCUT2D eigenvalue weighted by Gasteiger charge is -2.17. The van der Waals surface area contributed by atoms with Crippen LogP contribution in [0.3, 0.4) is 0 Å². The van der Waals surface area contributed by atoms with Gasteiger partial charge in [0.1, 0.15) is 5.82 Å². The monoisotopic (exact) mass is 390 g/mol. The van der Waals surface area contributed by atoms with Crippen LogP contribution in [-0.4, -0.2) is 6.04 Å². The van der Waals surface area contributed by atoms with Gasteiger partial charge in [0.15, 0.2) is 0 Å². The molecular weight excluding hydrogens is 378 g/mol. The predicted molar refractivity (Wildman–Crippen MR) is 89.1 cm³/mol. The summed E-state index contributed by atoms with van der Waals surface area (Å²) in [6.45, 7) is 0. The summed E-state index contributed by atoms with van der Waals surface area (Å²) in [6.07, 6.45) is 1.32. The number of hydrogen-bond acceptors (Lipinski definition) is 2. The number of rotatable bonds is 5. The second-order valence-corrected chi connectivity index (χ2v) is 6.45. The van der Waals surface area contributed by atoms with E-state index in [9.17, 15) is 4.39 Å². The quantitative estimate of drug-likeness (QED) is 0.581. The second kappa shape index (κ2) is 7.56. The summed E-state index contributed by atoms with van der Waals surface area (Å²) >= 11 is 15.2. The molecule has 0 saturated carbocycles. The molecule has 21 heavy (non-hydrogen) atoms. The summed E-state index contributed by atoms with van der Waals surface area (Å²) in [7, 11) is 0. The lowest BCUT2D eigenvalue weighted by atomic mass is 9.99. The first-order valence-corrected chi connectivity index (χ1v) is 7.88. The normalized spacial score (nSPS) is 12.4. The Labute approximate surface area is 141 Å². The molecule has 0 spiro atoms. The first kappa shape index (κ1) is 16.7. The Morgan fingerprint density at radius 1 is 1.14 bits per heavy atom. The molecule has 0 amide bonds. The van der Waals surface area contributed by atoms with Gasteiger partial charge in [0.2, 0.25) is 0 Å². The summed E-state index contributed by atoms with van der Waals surface area (Å²) in [5.41, 5.74) is 4.72. The fourth-order valence-corrected chi connectivity index (χ4v) is 3.01. The molecule has 0 aromatic heterocycles. The minimum atomic E-state index is -0.281. The van der Waals surface area contributed by atoms with Gasteiger partial charge in [-0.15, -0.1) is 0 Å². The Hall–Kier alpha value is -0.650. The lowest BCUT2D eigenvalue weighted by Crippen LogP contribution is -2.38. The molecule has 112 valence electrons. The van der Waals surface area contributed by atoms with Crippen LogP contribution in [0.25, 0.3) is 0 Å². The molecule has 2 aromatic rings. The van der Waals surface area contributed by atoms with E-state index in [0.717, 1.165) is 11.1 Å². The van der Waals surface area contributed by atoms with Gasteiger partial charge in [-0.2, -0.15) is 0 Å². The van der Waals surface area contributed by atoms with E-state index in [4.69, 9.17) is 29.0 Å². The Balaban J connectivity index is 2.10. The highest BCUT2D eigenvalue weighted by Gasteiger charge is 2.12. The van der Waals surface area contributed by atoms with Gasteiger partial charge in [-0.25, -0.2) is 4.39 Å². The van der Waals surface area contributed by atoms with Gasteiger partial charge in [-0.05, 0) is 64.2 Å². The molecule has 3 N–H and O–H groups in total. The highest BCUT2D eigenvalue weighted by atomic mass is 79.9. The fourth-order valence-electron chi connectivity index (χ4n) is 2.09. The van der Waals surface area contributed by atoms with Crippen molar-refractivity contribution in [2.75, 3.05) is 0 Å². The smallest absolute Gasteiger partial charge is 0.137 e. The first-order valence-electron chi connectivity index (χ1n) is 6.33. The van der Waals surface area contributed by atoms with Gasteiger partial charge < -0.3 is 0 Å². The molecule has 0 aliphatic rings. The van der Waals surface area contributed by atoms with E-state index in [1.807, 2.05) is 6.07 Å². The third-order valence-electron chi connectivity index (χ3n) is 3.18. The Morgan fingerprint density at radius 2 is 1.90 bits per heavy atom. The van der Waals surface area contributed by atoms with Crippen LogP contribution in [0.1, 0.15) is 11.1 Å². The summed E-state index contributed by atoms with van der Waals surface area (Å²) < 4.78 is 13.7. The molecule has 0 radical (unpaired) electrons. The third-order valence-corrected chi connectivity index (χ3v) is 4.38. The number of hydrogen-bond donors (Lipinski definition) is 2. The zero-order chi connectivity index (χ0) is 15.4. The highest BCUT2D eigenvalue weighted by molar-refractivity contribution is 9.10. The molecule has 1 atom stereocenters. The SMILES string of the molecule is NNC(Cc1ccc(F)c(Br)c1)Cc1ccc(Cl)cc1Cl. The van der Waals surface area contributed by atoms with Crippen LogP contribution in [0.15, 0.2) is 40.9 Å². The predicted octanol–water partition coefficient (Wildman–Crippen LogP) is 4.51. The highest BCUT2D eigenvalue weighted by Crippen LogP contribution is 2.23. The van der Waals surface area contributed by atoms with Crippen molar-refractivity contribution in [1.29, 1.82) is 0 Å².